The summed E-state index contributed by atoms with van der Waals surface area (Å²) in [4.78, 5) is 31.5. The zero-order valence-electron chi connectivity index (χ0n) is 18.4. The normalized spacial score (nSPS) is 12.3. The third-order valence-corrected chi connectivity index (χ3v) is 5.02. The average Bonchev–Trinajstić information content (AvgIpc) is 3.16. The fourth-order valence-electron chi connectivity index (χ4n) is 3.44. The first-order valence-electron chi connectivity index (χ1n) is 10.9. The van der Waals surface area contributed by atoms with Crippen LogP contribution >= 0.6 is 0 Å². The van der Waals surface area contributed by atoms with E-state index in [1.807, 2.05) is 44.2 Å². The third kappa shape index (κ3) is 6.03. The Hall–Kier alpha value is -3.48. The second-order valence-electron chi connectivity index (χ2n) is 7.69. The molecule has 7 heteroatoms. The Bertz CT molecular complexity index is 1090. The van der Waals surface area contributed by atoms with Crippen molar-refractivity contribution >= 4 is 28.9 Å². The summed E-state index contributed by atoms with van der Waals surface area (Å²) in [7, 11) is 0. The number of hydrogen-bond donors (Lipinski definition) is 1. The van der Waals surface area contributed by atoms with Crippen molar-refractivity contribution in [3.05, 3.63) is 48.3 Å². The van der Waals surface area contributed by atoms with Gasteiger partial charge in [-0.15, -0.1) is 0 Å². The number of carboxylic acid groups (broad SMARTS) is 1. The molecule has 32 heavy (non-hydrogen) atoms. The summed E-state index contributed by atoms with van der Waals surface area (Å²) in [6, 6.07) is 9.62. The van der Waals surface area contributed by atoms with Crippen molar-refractivity contribution in [2.45, 2.75) is 58.5 Å². The van der Waals surface area contributed by atoms with Gasteiger partial charge in [-0.25, -0.2) is 9.97 Å². The number of fused-ring (bicyclic) bond motifs is 1. The molecule has 0 fully saturated rings. The Morgan fingerprint density at radius 1 is 1.16 bits per heavy atom. The lowest BCUT2D eigenvalue weighted by atomic mass is 10.1. The molecule has 1 aromatic carbocycles. The number of unbranched alkanes of at least 4 members (excludes halogenated alkanes) is 1. The number of carbonyl (C=O) groups is 2. The minimum atomic E-state index is -0.794. The van der Waals surface area contributed by atoms with E-state index in [4.69, 9.17) is 14.3 Å². The molecule has 2 heterocycles. The number of ether oxygens (including phenoxy) is 1. The highest BCUT2D eigenvalue weighted by Crippen LogP contribution is 2.38. The first-order valence-corrected chi connectivity index (χ1v) is 10.9. The van der Waals surface area contributed by atoms with Crippen molar-refractivity contribution in [1.29, 1.82) is 0 Å². The maximum atomic E-state index is 12.2. The van der Waals surface area contributed by atoms with Crippen LogP contribution in [0.25, 0.3) is 28.5 Å². The van der Waals surface area contributed by atoms with Gasteiger partial charge in [-0.1, -0.05) is 37.3 Å². The van der Waals surface area contributed by atoms with Crippen LogP contribution in [0.5, 0.6) is 5.88 Å². The highest BCUT2D eigenvalue weighted by atomic mass is 16.5. The van der Waals surface area contributed by atoms with Crippen molar-refractivity contribution in [3.63, 3.8) is 0 Å². The molecule has 0 spiro atoms. The van der Waals surface area contributed by atoms with E-state index in [-0.39, 0.29) is 18.3 Å². The highest BCUT2D eigenvalue weighted by Gasteiger charge is 2.21. The number of allylic oxidation sites excluding steroid dienone is 1. The van der Waals surface area contributed by atoms with Gasteiger partial charge < -0.3 is 14.3 Å². The number of hydrogen-bond acceptors (Lipinski definition) is 6. The molecule has 0 bridgehead atoms. The number of benzene rings is 1. The van der Waals surface area contributed by atoms with Gasteiger partial charge in [-0.2, -0.15) is 0 Å². The summed E-state index contributed by atoms with van der Waals surface area (Å²) < 4.78 is 12.2. The predicted molar refractivity (Wildman–Crippen MR) is 122 cm³/mol. The molecule has 3 aromatic rings. The van der Waals surface area contributed by atoms with Gasteiger partial charge in [0.1, 0.15) is 17.5 Å². The smallest absolute Gasteiger partial charge is 0.303 e. The van der Waals surface area contributed by atoms with E-state index in [1.165, 1.54) is 6.33 Å². The Balaban J connectivity index is 1.95. The standard InChI is InChI=1S/C25H28N2O5/c1-3-9-19(28)14-15-20-22-24(31-17(2)10-7-8-13-21(29)30)26-16-27-25(22)32-23(20)18-11-5-4-6-12-18/h4-6,11-12,14-17H,3,7-10,13H2,1-2H3,(H,29,30)/b15-14+/t17-/m1/s1. The minimum absolute atomic E-state index is 0.0342. The molecule has 0 aliphatic heterocycles. The Morgan fingerprint density at radius 3 is 2.66 bits per heavy atom. The van der Waals surface area contributed by atoms with E-state index in [0.29, 0.717) is 47.6 Å². The van der Waals surface area contributed by atoms with Crippen LogP contribution in [0, 0.1) is 0 Å². The predicted octanol–water partition coefficient (Wildman–Crippen LogP) is 5.68. The fraction of sp³-hybridized carbons (Fsp3) is 0.360. The number of carboxylic acids is 1. The van der Waals surface area contributed by atoms with Crippen LogP contribution < -0.4 is 4.74 Å². The molecule has 2 aromatic heterocycles. The molecule has 0 aliphatic carbocycles. The van der Waals surface area contributed by atoms with Crippen molar-refractivity contribution in [2.24, 2.45) is 0 Å². The maximum absolute atomic E-state index is 12.2. The van der Waals surface area contributed by atoms with Crippen LogP contribution in [-0.2, 0) is 9.59 Å². The van der Waals surface area contributed by atoms with Gasteiger partial charge in [0.2, 0.25) is 11.6 Å². The largest absolute Gasteiger partial charge is 0.481 e. The van der Waals surface area contributed by atoms with Crippen molar-refractivity contribution < 1.29 is 23.8 Å². The number of aliphatic carboxylic acids is 1. The van der Waals surface area contributed by atoms with Gasteiger partial charge in [0, 0.05) is 24.0 Å². The van der Waals surface area contributed by atoms with Crippen LogP contribution in [0.1, 0.15) is 57.9 Å². The molecule has 3 rings (SSSR count). The molecule has 7 nitrogen and oxygen atoms in total. The summed E-state index contributed by atoms with van der Waals surface area (Å²) in [5, 5.41) is 9.41. The van der Waals surface area contributed by atoms with Crippen LogP contribution in [0.15, 0.2) is 47.2 Å². The molecule has 168 valence electrons. The number of rotatable bonds is 12. The quantitative estimate of drug-likeness (QED) is 0.288. The second kappa shape index (κ2) is 11.2. The van der Waals surface area contributed by atoms with E-state index in [1.54, 1.807) is 12.2 Å². The van der Waals surface area contributed by atoms with E-state index >= 15 is 0 Å². The highest BCUT2D eigenvalue weighted by molar-refractivity contribution is 6.00. The van der Waals surface area contributed by atoms with E-state index in [2.05, 4.69) is 9.97 Å². The SMILES string of the molecule is CCCC(=O)/C=C/c1c(-c2ccccc2)oc2ncnc(O[C@H](C)CCCCC(=O)O)c12. The van der Waals surface area contributed by atoms with Gasteiger partial charge in [-0.05, 0) is 44.8 Å². The number of furan rings is 1. The number of nitrogens with zero attached hydrogens (tertiary/aromatic N) is 2. The molecule has 1 N–H and O–H groups in total. The summed E-state index contributed by atoms with van der Waals surface area (Å²) in [6.45, 7) is 3.89. The fourth-order valence-corrected chi connectivity index (χ4v) is 3.44. The lowest BCUT2D eigenvalue weighted by Crippen LogP contribution is -2.13. The average molecular weight is 437 g/mol. The summed E-state index contributed by atoms with van der Waals surface area (Å²) >= 11 is 0. The molecular formula is C25H28N2O5. The Kier molecular flexibility index (Phi) is 8.14. The molecule has 0 aliphatic rings. The van der Waals surface area contributed by atoms with Crippen LogP contribution in [-0.4, -0.2) is 32.9 Å². The molecular weight excluding hydrogens is 408 g/mol. The summed E-state index contributed by atoms with van der Waals surface area (Å²) in [6.07, 6.45) is 7.96. The zero-order valence-corrected chi connectivity index (χ0v) is 18.4. The first kappa shape index (κ1) is 23.2. The lowest BCUT2D eigenvalue weighted by Gasteiger charge is -2.14. The molecule has 1 atom stereocenters. The Morgan fingerprint density at radius 2 is 1.94 bits per heavy atom. The van der Waals surface area contributed by atoms with Gasteiger partial charge in [0.05, 0.1) is 6.10 Å². The lowest BCUT2D eigenvalue weighted by molar-refractivity contribution is -0.137. The topological polar surface area (TPSA) is 103 Å². The Labute approximate surface area is 187 Å². The van der Waals surface area contributed by atoms with Gasteiger partial charge in [0.25, 0.3) is 0 Å². The van der Waals surface area contributed by atoms with Crippen molar-refractivity contribution in [1.82, 2.24) is 9.97 Å². The van der Waals surface area contributed by atoms with E-state index in [9.17, 15) is 9.59 Å². The third-order valence-electron chi connectivity index (χ3n) is 5.02. The number of carbonyl (C=O) groups excluding carboxylic acids is 1. The van der Waals surface area contributed by atoms with Crippen LogP contribution in [0.2, 0.25) is 0 Å². The van der Waals surface area contributed by atoms with E-state index in [0.717, 1.165) is 18.4 Å². The van der Waals surface area contributed by atoms with Gasteiger partial charge in [-0.3, -0.25) is 9.59 Å². The minimum Gasteiger partial charge on any atom is -0.481 e. The van der Waals surface area contributed by atoms with Crippen molar-refractivity contribution in [2.75, 3.05) is 0 Å². The number of aromatic nitrogens is 2. The van der Waals surface area contributed by atoms with Crippen molar-refractivity contribution in [3.8, 4) is 17.2 Å². The summed E-state index contributed by atoms with van der Waals surface area (Å²) in [5.74, 6) is 0.221. The summed E-state index contributed by atoms with van der Waals surface area (Å²) in [5.41, 5.74) is 1.94. The molecule has 0 amide bonds. The van der Waals surface area contributed by atoms with Crippen LogP contribution in [0.4, 0.5) is 0 Å². The number of ketones is 1. The van der Waals surface area contributed by atoms with Crippen LogP contribution in [0.3, 0.4) is 0 Å². The monoisotopic (exact) mass is 436 g/mol. The molecule has 0 unspecified atom stereocenters. The van der Waals surface area contributed by atoms with Gasteiger partial charge in [0.15, 0.2) is 5.78 Å². The van der Waals surface area contributed by atoms with Gasteiger partial charge >= 0.3 is 5.97 Å². The second-order valence-corrected chi connectivity index (χ2v) is 7.69. The van der Waals surface area contributed by atoms with E-state index < -0.39 is 5.97 Å². The maximum Gasteiger partial charge on any atom is 0.303 e. The molecule has 0 saturated heterocycles. The molecule has 0 radical (unpaired) electrons. The molecule has 0 saturated carbocycles. The zero-order chi connectivity index (χ0) is 22.9. The first-order chi connectivity index (χ1) is 15.5.